The second kappa shape index (κ2) is 6.53. The van der Waals surface area contributed by atoms with Crippen LogP contribution in [0.1, 0.15) is 26.2 Å². The van der Waals surface area contributed by atoms with Gasteiger partial charge in [-0.2, -0.15) is 0 Å². The predicted molar refractivity (Wildman–Crippen MR) is 70.0 cm³/mol. The highest BCUT2D eigenvalue weighted by atomic mass is 16.5. The van der Waals surface area contributed by atoms with E-state index >= 15 is 0 Å². The molecule has 9 heteroatoms. The number of carbonyl (C=O) groups excluding carboxylic acids is 3. The van der Waals surface area contributed by atoms with Gasteiger partial charge in [0, 0.05) is 0 Å². The average molecular weight is 301 g/mol. The minimum atomic E-state index is -1.24. The van der Waals surface area contributed by atoms with Gasteiger partial charge in [0.1, 0.15) is 11.6 Å². The fraction of sp³-hybridized carbons (Fsp3) is 0.667. The van der Waals surface area contributed by atoms with Crippen molar-refractivity contribution in [1.82, 2.24) is 10.6 Å². The van der Waals surface area contributed by atoms with E-state index in [1.165, 1.54) is 14.0 Å². The Morgan fingerprint density at radius 3 is 2.29 bits per heavy atom. The number of carbonyl (C=O) groups is 4. The number of ether oxygens (including phenoxy) is 1. The van der Waals surface area contributed by atoms with Gasteiger partial charge in [-0.3, -0.25) is 14.4 Å². The highest BCUT2D eigenvalue weighted by molar-refractivity contribution is 5.95. The SMILES string of the molecule is COC(=O)C1(NC(=O)[C@H](C)NC(=O)[C@@H](N)CC(=O)O)CC1. The van der Waals surface area contributed by atoms with Crippen molar-refractivity contribution in [3.63, 3.8) is 0 Å². The molecule has 0 unspecified atom stereocenters. The molecule has 1 aliphatic rings. The molecule has 9 nitrogen and oxygen atoms in total. The molecule has 0 aliphatic heterocycles. The molecular weight excluding hydrogens is 282 g/mol. The first-order valence-electron chi connectivity index (χ1n) is 6.40. The lowest BCUT2D eigenvalue weighted by molar-refractivity contribution is -0.146. The topological polar surface area (TPSA) is 148 Å². The van der Waals surface area contributed by atoms with Crippen LogP contribution in [0, 0.1) is 0 Å². The summed E-state index contributed by atoms with van der Waals surface area (Å²) in [5.74, 6) is -3.05. The van der Waals surface area contributed by atoms with E-state index in [1.807, 2.05) is 0 Å². The highest BCUT2D eigenvalue weighted by Crippen LogP contribution is 2.36. The van der Waals surface area contributed by atoms with Gasteiger partial charge in [0.05, 0.1) is 19.6 Å². The molecule has 118 valence electrons. The van der Waals surface area contributed by atoms with Crippen molar-refractivity contribution >= 4 is 23.8 Å². The summed E-state index contributed by atoms with van der Waals surface area (Å²) < 4.78 is 4.59. The van der Waals surface area contributed by atoms with E-state index in [-0.39, 0.29) is 0 Å². The number of rotatable bonds is 7. The number of esters is 1. The lowest BCUT2D eigenvalue weighted by Gasteiger charge is -2.20. The van der Waals surface area contributed by atoms with Gasteiger partial charge in [0.2, 0.25) is 11.8 Å². The van der Waals surface area contributed by atoms with Crippen LogP contribution in [0.4, 0.5) is 0 Å². The number of nitrogens with two attached hydrogens (primary N) is 1. The van der Waals surface area contributed by atoms with Gasteiger partial charge in [-0.25, -0.2) is 4.79 Å². The maximum absolute atomic E-state index is 11.9. The third kappa shape index (κ3) is 4.42. The minimum Gasteiger partial charge on any atom is -0.481 e. The average Bonchev–Trinajstić information content (AvgIpc) is 3.17. The molecule has 0 spiro atoms. The summed E-state index contributed by atoms with van der Waals surface area (Å²) in [6.07, 6.45) is 0.418. The zero-order chi connectivity index (χ0) is 16.2. The maximum atomic E-state index is 11.9. The zero-order valence-corrected chi connectivity index (χ0v) is 11.8. The van der Waals surface area contributed by atoms with Crippen LogP contribution in [0.15, 0.2) is 0 Å². The molecule has 1 aliphatic carbocycles. The lowest BCUT2D eigenvalue weighted by atomic mass is 10.2. The van der Waals surface area contributed by atoms with E-state index < -0.39 is 47.8 Å². The molecule has 0 radical (unpaired) electrons. The fourth-order valence-electron chi connectivity index (χ4n) is 1.71. The number of carboxylic acid groups (broad SMARTS) is 1. The molecule has 0 aromatic heterocycles. The van der Waals surface area contributed by atoms with Crippen molar-refractivity contribution in [1.29, 1.82) is 0 Å². The number of methoxy groups -OCH3 is 1. The second-order valence-corrected chi connectivity index (χ2v) is 5.00. The zero-order valence-electron chi connectivity index (χ0n) is 11.8. The summed E-state index contributed by atoms with van der Waals surface area (Å²) >= 11 is 0. The normalized spacial score (nSPS) is 18.0. The molecule has 0 heterocycles. The van der Waals surface area contributed by atoms with Crippen LogP contribution in [0.3, 0.4) is 0 Å². The van der Waals surface area contributed by atoms with Gasteiger partial charge in [-0.05, 0) is 19.8 Å². The number of hydrogen-bond donors (Lipinski definition) is 4. The molecule has 0 bridgehead atoms. The molecule has 1 saturated carbocycles. The first-order chi connectivity index (χ1) is 9.71. The Hall–Kier alpha value is -2.16. The quantitative estimate of drug-likeness (QED) is 0.402. The van der Waals surface area contributed by atoms with Crippen molar-refractivity contribution < 1.29 is 29.0 Å². The number of nitrogens with one attached hydrogen (secondary N) is 2. The smallest absolute Gasteiger partial charge is 0.331 e. The van der Waals surface area contributed by atoms with E-state index in [2.05, 4.69) is 15.4 Å². The fourth-order valence-corrected chi connectivity index (χ4v) is 1.71. The Morgan fingerprint density at radius 1 is 1.29 bits per heavy atom. The van der Waals surface area contributed by atoms with Crippen LogP contribution in [-0.2, 0) is 23.9 Å². The molecule has 0 aromatic rings. The predicted octanol–water partition coefficient (Wildman–Crippen LogP) is -1.89. The van der Waals surface area contributed by atoms with Gasteiger partial charge in [0.15, 0.2) is 0 Å². The van der Waals surface area contributed by atoms with E-state index in [1.54, 1.807) is 0 Å². The maximum Gasteiger partial charge on any atom is 0.331 e. The molecular formula is C12H19N3O6. The second-order valence-electron chi connectivity index (χ2n) is 5.00. The Labute approximate surface area is 121 Å². The monoisotopic (exact) mass is 301 g/mol. The van der Waals surface area contributed by atoms with Crippen LogP contribution in [0.2, 0.25) is 0 Å². The molecule has 0 aromatic carbocycles. The van der Waals surface area contributed by atoms with Crippen LogP contribution in [-0.4, -0.2) is 53.6 Å². The number of aliphatic carboxylic acids is 1. The van der Waals surface area contributed by atoms with Gasteiger partial charge < -0.3 is 26.2 Å². The molecule has 1 rings (SSSR count). The van der Waals surface area contributed by atoms with Crippen LogP contribution in [0.5, 0.6) is 0 Å². The van der Waals surface area contributed by atoms with E-state index in [9.17, 15) is 19.2 Å². The summed E-state index contributed by atoms with van der Waals surface area (Å²) in [6, 6.07) is -2.19. The van der Waals surface area contributed by atoms with Crippen molar-refractivity contribution in [2.45, 2.75) is 43.8 Å². The molecule has 21 heavy (non-hydrogen) atoms. The molecule has 0 saturated heterocycles. The Morgan fingerprint density at radius 2 is 1.86 bits per heavy atom. The largest absolute Gasteiger partial charge is 0.481 e. The van der Waals surface area contributed by atoms with Crippen LogP contribution in [0.25, 0.3) is 0 Å². The summed E-state index contributed by atoms with van der Waals surface area (Å²) in [6.45, 7) is 1.41. The van der Waals surface area contributed by atoms with Gasteiger partial charge in [-0.1, -0.05) is 0 Å². The Kier molecular flexibility index (Phi) is 5.25. The van der Waals surface area contributed by atoms with E-state index in [4.69, 9.17) is 10.8 Å². The van der Waals surface area contributed by atoms with Crippen LogP contribution < -0.4 is 16.4 Å². The standard InChI is InChI=1S/C12H19N3O6/c1-6(14-10(19)7(13)5-8(16)17)9(18)15-12(3-4-12)11(20)21-2/h6-7H,3-5,13H2,1-2H3,(H,14,19)(H,15,18)(H,16,17)/t6-,7-/m0/s1. The first-order valence-corrected chi connectivity index (χ1v) is 6.40. The van der Waals surface area contributed by atoms with Crippen LogP contribution >= 0.6 is 0 Å². The summed E-state index contributed by atoms with van der Waals surface area (Å²) in [7, 11) is 1.23. The van der Waals surface area contributed by atoms with E-state index in [0.29, 0.717) is 12.8 Å². The molecule has 2 amide bonds. The summed E-state index contributed by atoms with van der Waals surface area (Å²) in [5, 5.41) is 13.4. The number of hydrogen-bond acceptors (Lipinski definition) is 6. The third-order valence-electron chi connectivity index (χ3n) is 3.17. The van der Waals surface area contributed by atoms with Gasteiger partial charge in [0.25, 0.3) is 0 Å². The van der Waals surface area contributed by atoms with Crippen molar-refractivity contribution in [3.05, 3.63) is 0 Å². The van der Waals surface area contributed by atoms with Crippen molar-refractivity contribution in [2.75, 3.05) is 7.11 Å². The van der Waals surface area contributed by atoms with Gasteiger partial charge >= 0.3 is 11.9 Å². The Bertz CT molecular complexity index is 460. The third-order valence-corrected chi connectivity index (χ3v) is 3.17. The summed E-state index contributed by atoms with van der Waals surface area (Å²) in [4.78, 5) is 45.4. The first kappa shape index (κ1) is 16.9. The molecule has 5 N–H and O–H groups in total. The summed E-state index contributed by atoms with van der Waals surface area (Å²) in [5.41, 5.74) is 4.37. The van der Waals surface area contributed by atoms with Gasteiger partial charge in [-0.15, -0.1) is 0 Å². The minimum absolute atomic E-state index is 0.477. The van der Waals surface area contributed by atoms with Crippen molar-refractivity contribution in [2.24, 2.45) is 5.73 Å². The Balaban J connectivity index is 2.50. The molecule has 1 fully saturated rings. The van der Waals surface area contributed by atoms with E-state index in [0.717, 1.165) is 0 Å². The number of amides is 2. The number of carboxylic acids is 1. The highest BCUT2D eigenvalue weighted by Gasteiger charge is 2.52. The lowest BCUT2D eigenvalue weighted by Crippen LogP contribution is -2.54. The molecule has 2 atom stereocenters. The van der Waals surface area contributed by atoms with Crippen molar-refractivity contribution in [3.8, 4) is 0 Å².